The summed E-state index contributed by atoms with van der Waals surface area (Å²) in [6, 6.07) is 10.6. The topological polar surface area (TPSA) is 69.0 Å². The van der Waals surface area contributed by atoms with Crippen LogP contribution in [-0.4, -0.2) is 29.3 Å². The molecule has 4 unspecified atom stereocenters. The molecule has 2 aliphatic heterocycles. The van der Waals surface area contributed by atoms with E-state index in [-0.39, 0.29) is 36.0 Å². The van der Waals surface area contributed by atoms with Gasteiger partial charge < -0.3 is 18.8 Å². The molecule has 0 spiro atoms. The van der Waals surface area contributed by atoms with Crippen LogP contribution in [0.2, 0.25) is 0 Å². The van der Waals surface area contributed by atoms with Gasteiger partial charge in [-0.15, -0.1) is 0 Å². The summed E-state index contributed by atoms with van der Waals surface area (Å²) in [5, 5.41) is 0. The fourth-order valence-corrected chi connectivity index (χ4v) is 5.11. The molecule has 3 heterocycles. The third-order valence-electron chi connectivity index (χ3n) is 6.68. The molecule has 0 saturated heterocycles. The maximum atomic E-state index is 13.7. The van der Waals surface area contributed by atoms with Crippen LogP contribution < -0.4 is 4.74 Å². The Morgan fingerprint density at radius 1 is 1.19 bits per heavy atom. The average Bonchev–Trinajstić information content (AvgIpc) is 3.41. The Morgan fingerprint density at radius 2 is 2.00 bits per heavy atom. The number of carbonyl (C=O) groups is 2. The summed E-state index contributed by atoms with van der Waals surface area (Å²) in [7, 11) is 0. The number of benzene rings is 1. The first-order valence-corrected chi connectivity index (χ1v) is 11.2. The van der Waals surface area contributed by atoms with Crippen molar-refractivity contribution < 1.29 is 23.5 Å². The Labute approximate surface area is 187 Å². The first kappa shape index (κ1) is 20.6. The van der Waals surface area contributed by atoms with Crippen molar-refractivity contribution in [1.82, 2.24) is 4.90 Å². The van der Waals surface area contributed by atoms with Crippen LogP contribution in [0.5, 0.6) is 5.75 Å². The number of fused-ring (bicyclic) bond motifs is 1. The van der Waals surface area contributed by atoms with Crippen LogP contribution in [0, 0.1) is 11.8 Å². The summed E-state index contributed by atoms with van der Waals surface area (Å²) in [6.07, 6.45) is 5.68. The molecule has 2 aromatic rings. The zero-order chi connectivity index (χ0) is 22.2. The largest absolute Gasteiger partial charge is 0.490 e. The van der Waals surface area contributed by atoms with Crippen LogP contribution in [-0.2, 0) is 20.9 Å². The van der Waals surface area contributed by atoms with E-state index < -0.39 is 6.04 Å². The van der Waals surface area contributed by atoms with Crippen LogP contribution in [0.4, 0.5) is 0 Å². The fraction of sp³-hybridized carbons (Fsp3) is 0.385. The van der Waals surface area contributed by atoms with E-state index >= 15 is 0 Å². The number of ketones is 1. The number of rotatable bonds is 6. The lowest BCUT2D eigenvalue weighted by molar-refractivity contribution is -0.136. The molecule has 1 amide bonds. The zero-order valence-electron chi connectivity index (χ0n) is 18.2. The zero-order valence-corrected chi connectivity index (χ0v) is 18.2. The quantitative estimate of drug-likeness (QED) is 0.624. The van der Waals surface area contributed by atoms with Crippen molar-refractivity contribution >= 4 is 11.7 Å². The van der Waals surface area contributed by atoms with Gasteiger partial charge in [0.05, 0.1) is 30.3 Å². The molecule has 0 N–H and O–H groups in total. The molecule has 166 valence electrons. The minimum Gasteiger partial charge on any atom is -0.490 e. The summed E-state index contributed by atoms with van der Waals surface area (Å²) in [5.74, 6) is 1.67. The van der Waals surface area contributed by atoms with Gasteiger partial charge in [-0.2, -0.15) is 0 Å². The highest BCUT2D eigenvalue weighted by Crippen LogP contribution is 2.48. The van der Waals surface area contributed by atoms with Gasteiger partial charge in [0.1, 0.15) is 24.2 Å². The minimum absolute atomic E-state index is 0.0510. The molecule has 1 aromatic carbocycles. The maximum absolute atomic E-state index is 13.7. The van der Waals surface area contributed by atoms with Crippen molar-refractivity contribution in [3.8, 4) is 5.75 Å². The maximum Gasteiger partial charge on any atom is 0.290 e. The Hall–Kier alpha value is -3.28. The SMILES string of the molecule is C=CCOc1ccc(C2C3=C(OC4CCC(C)CC4C3=O)C(=O)N2Cc2ccco2)cc1. The van der Waals surface area contributed by atoms with Crippen LogP contribution in [0.3, 0.4) is 0 Å². The molecule has 1 aromatic heterocycles. The normalized spacial score (nSPS) is 27.1. The number of amides is 1. The van der Waals surface area contributed by atoms with Gasteiger partial charge in [0.2, 0.25) is 0 Å². The number of carbonyl (C=O) groups excluding carboxylic acids is 2. The highest BCUT2D eigenvalue weighted by molar-refractivity contribution is 6.11. The molecular formula is C26H27NO5. The standard InChI is InChI=1S/C26H27NO5/c1-3-12-30-18-9-7-17(8-10-18)23-22-24(28)20-14-16(2)6-11-21(20)32-25(22)26(29)27(23)15-19-5-4-13-31-19/h3-5,7-10,13,16,20-21,23H,1,6,11-12,14-15H2,2H3. The molecule has 5 rings (SSSR count). The molecule has 1 saturated carbocycles. The second kappa shape index (κ2) is 8.34. The molecule has 1 fully saturated rings. The van der Waals surface area contributed by atoms with Gasteiger partial charge in [-0.3, -0.25) is 9.59 Å². The summed E-state index contributed by atoms with van der Waals surface area (Å²) in [4.78, 5) is 28.8. The van der Waals surface area contributed by atoms with Gasteiger partial charge in [0.25, 0.3) is 5.91 Å². The van der Waals surface area contributed by atoms with E-state index in [4.69, 9.17) is 13.9 Å². The molecule has 32 heavy (non-hydrogen) atoms. The molecule has 0 bridgehead atoms. The van der Waals surface area contributed by atoms with E-state index in [9.17, 15) is 9.59 Å². The summed E-state index contributed by atoms with van der Waals surface area (Å²) in [6.45, 7) is 6.52. The molecule has 0 radical (unpaired) electrons. The predicted molar refractivity (Wildman–Crippen MR) is 118 cm³/mol. The first-order valence-electron chi connectivity index (χ1n) is 11.2. The Morgan fingerprint density at radius 3 is 2.72 bits per heavy atom. The lowest BCUT2D eigenvalue weighted by Crippen LogP contribution is -2.41. The van der Waals surface area contributed by atoms with Gasteiger partial charge in [0, 0.05) is 0 Å². The summed E-state index contributed by atoms with van der Waals surface area (Å²) < 4.78 is 17.3. The van der Waals surface area contributed by atoms with Crippen molar-refractivity contribution in [3.63, 3.8) is 0 Å². The fourth-order valence-electron chi connectivity index (χ4n) is 5.11. The average molecular weight is 434 g/mol. The van der Waals surface area contributed by atoms with Crippen LogP contribution in [0.25, 0.3) is 0 Å². The first-order chi connectivity index (χ1) is 15.6. The smallest absolute Gasteiger partial charge is 0.290 e. The number of ether oxygens (including phenoxy) is 2. The highest BCUT2D eigenvalue weighted by atomic mass is 16.5. The van der Waals surface area contributed by atoms with E-state index in [0.717, 1.165) is 24.8 Å². The Kier molecular flexibility index (Phi) is 5.37. The number of furan rings is 1. The monoisotopic (exact) mass is 433 g/mol. The molecule has 6 nitrogen and oxygen atoms in total. The van der Waals surface area contributed by atoms with Gasteiger partial charge in [0.15, 0.2) is 11.5 Å². The van der Waals surface area contributed by atoms with Crippen molar-refractivity contribution in [2.75, 3.05) is 6.61 Å². The highest BCUT2D eigenvalue weighted by Gasteiger charge is 2.52. The second-order valence-electron chi connectivity index (χ2n) is 8.87. The third-order valence-corrected chi connectivity index (χ3v) is 6.68. The van der Waals surface area contributed by atoms with Crippen LogP contribution >= 0.6 is 0 Å². The van der Waals surface area contributed by atoms with Crippen LogP contribution in [0.1, 0.15) is 43.6 Å². The van der Waals surface area contributed by atoms with Crippen molar-refractivity contribution in [1.29, 1.82) is 0 Å². The van der Waals surface area contributed by atoms with Gasteiger partial charge in [-0.25, -0.2) is 0 Å². The molecule has 6 heteroatoms. The second-order valence-corrected chi connectivity index (χ2v) is 8.87. The van der Waals surface area contributed by atoms with Crippen molar-refractivity contribution in [2.45, 2.75) is 44.9 Å². The lowest BCUT2D eigenvalue weighted by Gasteiger charge is -2.37. The summed E-state index contributed by atoms with van der Waals surface area (Å²) in [5.41, 5.74) is 1.33. The van der Waals surface area contributed by atoms with Gasteiger partial charge >= 0.3 is 0 Å². The van der Waals surface area contributed by atoms with Crippen molar-refractivity contribution in [2.24, 2.45) is 11.8 Å². The summed E-state index contributed by atoms with van der Waals surface area (Å²) >= 11 is 0. The van der Waals surface area contributed by atoms with E-state index in [0.29, 0.717) is 29.6 Å². The van der Waals surface area contributed by atoms with Crippen LogP contribution in [0.15, 0.2) is 71.1 Å². The molecule has 1 aliphatic carbocycles. The Balaban J connectivity index is 1.53. The predicted octanol–water partition coefficient (Wildman–Crippen LogP) is 4.59. The minimum atomic E-state index is -0.512. The molecule has 3 aliphatic rings. The number of Topliss-reactive ketones (excluding diaryl/α,β-unsaturated/α-hetero) is 1. The Bertz CT molecular complexity index is 1050. The van der Waals surface area contributed by atoms with Crippen molar-refractivity contribution in [3.05, 3.63) is 78.0 Å². The number of hydrogen-bond acceptors (Lipinski definition) is 5. The third kappa shape index (κ3) is 3.53. The van der Waals surface area contributed by atoms with E-state index in [1.54, 1.807) is 23.3 Å². The lowest BCUT2D eigenvalue weighted by atomic mass is 9.74. The molecular weight excluding hydrogens is 406 g/mol. The van der Waals surface area contributed by atoms with E-state index in [1.165, 1.54) is 0 Å². The number of nitrogens with zero attached hydrogens (tertiary/aromatic N) is 1. The van der Waals surface area contributed by atoms with Gasteiger partial charge in [-0.05, 0) is 55.0 Å². The number of hydrogen-bond donors (Lipinski definition) is 0. The van der Waals surface area contributed by atoms with E-state index in [2.05, 4.69) is 13.5 Å². The van der Waals surface area contributed by atoms with Gasteiger partial charge in [-0.1, -0.05) is 31.7 Å². The van der Waals surface area contributed by atoms with E-state index in [1.807, 2.05) is 30.3 Å². The molecule has 4 atom stereocenters.